The molecule has 0 radical (unpaired) electrons. The summed E-state index contributed by atoms with van der Waals surface area (Å²) in [5, 5.41) is 14.9. The predicted molar refractivity (Wildman–Crippen MR) is 82.1 cm³/mol. The zero-order valence-electron chi connectivity index (χ0n) is 11.0. The van der Waals surface area contributed by atoms with Gasteiger partial charge in [0.25, 0.3) is 5.78 Å². The van der Waals surface area contributed by atoms with Crippen LogP contribution in [0.3, 0.4) is 0 Å². The number of rotatable bonds is 2. The van der Waals surface area contributed by atoms with Gasteiger partial charge in [-0.05, 0) is 38.4 Å². The standard InChI is InChI=1S/C18H10O3/c19-17(18(20)21)14-9-7-12-5-4-10-2-1-3-11-6-8-13(14)16(12)15(10)11/h1-9H,(H,20,21). The van der Waals surface area contributed by atoms with Gasteiger partial charge in [0.2, 0.25) is 0 Å². The van der Waals surface area contributed by atoms with Crippen LogP contribution in [0.15, 0.2) is 54.6 Å². The smallest absolute Gasteiger partial charge is 0.377 e. The van der Waals surface area contributed by atoms with E-state index >= 15 is 0 Å². The molecule has 0 amide bonds. The quantitative estimate of drug-likeness (QED) is 0.343. The molecule has 4 rings (SSSR count). The highest BCUT2D eigenvalue weighted by atomic mass is 16.4. The van der Waals surface area contributed by atoms with E-state index in [4.69, 9.17) is 5.11 Å². The van der Waals surface area contributed by atoms with Crippen LogP contribution in [0, 0.1) is 0 Å². The van der Waals surface area contributed by atoms with Crippen LogP contribution in [0.1, 0.15) is 10.4 Å². The lowest BCUT2D eigenvalue weighted by atomic mass is 9.91. The number of hydrogen-bond acceptors (Lipinski definition) is 2. The molecule has 0 saturated carbocycles. The third-order valence-electron chi connectivity index (χ3n) is 3.97. The monoisotopic (exact) mass is 274 g/mol. The van der Waals surface area contributed by atoms with Gasteiger partial charge in [-0.3, -0.25) is 4.79 Å². The van der Waals surface area contributed by atoms with E-state index in [9.17, 15) is 9.59 Å². The van der Waals surface area contributed by atoms with E-state index in [0.717, 1.165) is 26.9 Å². The molecule has 0 aliphatic carbocycles. The van der Waals surface area contributed by atoms with Gasteiger partial charge in [0, 0.05) is 5.56 Å². The van der Waals surface area contributed by atoms with Crippen LogP contribution in [-0.4, -0.2) is 16.9 Å². The van der Waals surface area contributed by atoms with Gasteiger partial charge >= 0.3 is 5.97 Å². The first kappa shape index (κ1) is 11.9. The Bertz CT molecular complexity index is 1010. The van der Waals surface area contributed by atoms with E-state index in [-0.39, 0.29) is 5.56 Å². The van der Waals surface area contributed by atoms with Gasteiger partial charge < -0.3 is 5.11 Å². The second-order valence-corrected chi connectivity index (χ2v) is 5.10. The molecule has 0 heterocycles. The van der Waals surface area contributed by atoms with Crippen molar-refractivity contribution >= 4 is 44.1 Å². The first-order valence-electron chi connectivity index (χ1n) is 6.61. The molecule has 0 aliphatic heterocycles. The van der Waals surface area contributed by atoms with Gasteiger partial charge in [0.1, 0.15) is 0 Å². The molecule has 0 unspecified atom stereocenters. The lowest BCUT2D eigenvalue weighted by Gasteiger charge is -2.12. The van der Waals surface area contributed by atoms with Crippen molar-refractivity contribution in [1.29, 1.82) is 0 Å². The number of ketones is 1. The molecule has 0 fully saturated rings. The number of carboxylic acid groups (broad SMARTS) is 1. The maximum atomic E-state index is 11.9. The summed E-state index contributed by atoms with van der Waals surface area (Å²) >= 11 is 0. The highest BCUT2D eigenvalue weighted by molar-refractivity contribution is 6.43. The minimum Gasteiger partial charge on any atom is -0.475 e. The number of carboxylic acids is 1. The van der Waals surface area contributed by atoms with Crippen molar-refractivity contribution in [2.75, 3.05) is 0 Å². The summed E-state index contributed by atoms with van der Waals surface area (Å²) in [6.45, 7) is 0. The molecule has 0 aliphatic rings. The minimum absolute atomic E-state index is 0.244. The average molecular weight is 274 g/mol. The van der Waals surface area contributed by atoms with E-state index in [1.165, 1.54) is 0 Å². The first-order chi connectivity index (χ1) is 10.2. The Kier molecular flexibility index (Phi) is 2.27. The van der Waals surface area contributed by atoms with E-state index in [2.05, 4.69) is 0 Å². The highest BCUT2D eigenvalue weighted by Crippen LogP contribution is 2.35. The van der Waals surface area contributed by atoms with Crippen LogP contribution in [0.4, 0.5) is 0 Å². The predicted octanol–water partition coefficient (Wildman–Crippen LogP) is 3.85. The molecule has 21 heavy (non-hydrogen) atoms. The number of aliphatic carboxylic acids is 1. The van der Waals surface area contributed by atoms with Gasteiger partial charge in [-0.2, -0.15) is 0 Å². The molecule has 3 heteroatoms. The lowest BCUT2D eigenvalue weighted by Crippen LogP contribution is -2.13. The van der Waals surface area contributed by atoms with Gasteiger partial charge in [-0.25, -0.2) is 4.79 Å². The SMILES string of the molecule is O=C(O)C(=O)c1ccc2ccc3cccc4ccc1c2c34. The fourth-order valence-electron chi connectivity index (χ4n) is 3.05. The van der Waals surface area contributed by atoms with E-state index in [1.807, 2.05) is 48.5 Å². The number of hydrogen-bond donors (Lipinski definition) is 1. The molecule has 0 spiro atoms. The topological polar surface area (TPSA) is 54.4 Å². The highest BCUT2D eigenvalue weighted by Gasteiger charge is 2.19. The first-order valence-corrected chi connectivity index (χ1v) is 6.61. The summed E-state index contributed by atoms with van der Waals surface area (Å²) in [6.07, 6.45) is 0. The van der Waals surface area contributed by atoms with E-state index in [1.54, 1.807) is 6.07 Å². The van der Waals surface area contributed by atoms with Crippen molar-refractivity contribution in [2.45, 2.75) is 0 Å². The number of benzene rings is 4. The van der Waals surface area contributed by atoms with Crippen molar-refractivity contribution in [3.63, 3.8) is 0 Å². The van der Waals surface area contributed by atoms with Crippen molar-refractivity contribution in [2.24, 2.45) is 0 Å². The van der Waals surface area contributed by atoms with Crippen LogP contribution in [0.5, 0.6) is 0 Å². The average Bonchev–Trinajstić information content (AvgIpc) is 2.51. The van der Waals surface area contributed by atoms with Gasteiger partial charge in [-0.15, -0.1) is 0 Å². The molecule has 0 bridgehead atoms. The Hall–Kier alpha value is -2.94. The van der Waals surface area contributed by atoms with E-state index < -0.39 is 11.8 Å². The van der Waals surface area contributed by atoms with Gasteiger partial charge in [-0.1, -0.05) is 48.5 Å². The Morgan fingerprint density at radius 2 is 1.29 bits per heavy atom. The summed E-state index contributed by atoms with van der Waals surface area (Å²) in [6, 6.07) is 17.2. The fourth-order valence-corrected chi connectivity index (χ4v) is 3.05. The van der Waals surface area contributed by atoms with Gasteiger partial charge in [0.05, 0.1) is 0 Å². The Morgan fingerprint density at radius 1 is 0.714 bits per heavy atom. The Morgan fingerprint density at radius 3 is 1.95 bits per heavy atom. The van der Waals surface area contributed by atoms with Crippen LogP contribution in [0.25, 0.3) is 32.3 Å². The normalized spacial score (nSPS) is 11.4. The van der Waals surface area contributed by atoms with Crippen molar-refractivity contribution in [1.82, 2.24) is 0 Å². The molecular formula is C18H10O3. The summed E-state index contributed by atoms with van der Waals surface area (Å²) in [5.41, 5.74) is 0.244. The molecule has 4 aromatic carbocycles. The van der Waals surface area contributed by atoms with Crippen LogP contribution in [0.2, 0.25) is 0 Å². The second-order valence-electron chi connectivity index (χ2n) is 5.10. The number of carbonyl (C=O) groups excluding carboxylic acids is 1. The molecular weight excluding hydrogens is 264 g/mol. The van der Waals surface area contributed by atoms with Crippen molar-refractivity contribution in [3.8, 4) is 0 Å². The third-order valence-corrected chi connectivity index (χ3v) is 3.97. The van der Waals surface area contributed by atoms with Crippen molar-refractivity contribution in [3.05, 3.63) is 60.2 Å². The largest absolute Gasteiger partial charge is 0.475 e. The maximum Gasteiger partial charge on any atom is 0.377 e. The molecule has 100 valence electrons. The van der Waals surface area contributed by atoms with E-state index in [0.29, 0.717) is 5.39 Å². The Labute approximate surface area is 119 Å². The second kappa shape index (κ2) is 4.03. The van der Waals surface area contributed by atoms with Gasteiger partial charge in [0.15, 0.2) is 0 Å². The maximum absolute atomic E-state index is 11.9. The summed E-state index contributed by atoms with van der Waals surface area (Å²) in [4.78, 5) is 22.9. The molecule has 0 saturated heterocycles. The Balaban J connectivity index is 2.26. The molecule has 0 aromatic heterocycles. The molecule has 1 N–H and O–H groups in total. The molecule has 4 aromatic rings. The summed E-state index contributed by atoms with van der Waals surface area (Å²) in [7, 11) is 0. The molecule has 3 nitrogen and oxygen atoms in total. The molecule has 0 atom stereocenters. The number of Topliss-reactive ketones (excluding diaryl/α,β-unsaturated/α-hetero) is 1. The lowest BCUT2D eigenvalue weighted by molar-refractivity contribution is -0.131. The third kappa shape index (κ3) is 1.54. The zero-order chi connectivity index (χ0) is 14.6. The summed E-state index contributed by atoms with van der Waals surface area (Å²) in [5.74, 6) is -2.29. The van der Waals surface area contributed by atoms with Crippen LogP contribution in [-0.2, 0) is 4.79 Å². The zero-order valence-corrected chi connectivity index (χ0v) is 11.0. The van der Waals surface area contributed by atoms with Crippen molar-refractivity contribution < 1.29 is 14.7 Å². The number of carbonyl (C=O) groups is 2. The van der Waals surface area contributed by atoms with Crippen LogP contribution >= 0.6 is 0 Å². The summed E-state index contributed by atoms with van der Waals surface area (Å²) < 4.78 is 0. The fraction of sp³-hybridized carbons (Fsp3) is 0. The minimum atomic E-state index is -1.43. The van der Waals surface area contributed by atoms with Crippen LogP contribution < -0.4 is 0 Å².